The van der Waals surface area contributed by atoms with Crippen LogP contribution in [0.5, 0.6) is 0 Å². The van der Waals surface area contributed by atoms with Gasteiger partial charge in [-0.2, -0.15) is 0 Å². The Morgan fingerprint density at radius 2 is 1.92 bits per heavy atom. The predicted octanol–water partition coefficient (Wildman–Crippen LogP) is 1.64. The Kier molecular flexibility index (Phi) is 4.90. The van der Waals surface area contributed by atoms with E-state index in [1.54, 1.807) is 48.8 Å². The van der Waals surface area contributed by atoms with E-state index in [4.69, 9.17) is 0 Å². The number of hydrogen-bond donors (Lipinski definition) is 2. The minimum absolute atomic E-state index is 0.380. The van der Waals surface area contributed by atoms with E-state index in [1.165, 1.54) is 6.20 Å². The van der Waals surface area contributed by atoms with E-state index in [1.807, 2.05) is 23.8 Å². The molecule has 1 unspecified atom stereocenters. The monoisotopic (exact) mass is 336 g/mol. The fourth-order valence-corrected chi connectivity index (χ4v) is 2.74. The van der Waals surface area contributed by atoms with Crippen LogP contribution in [0.4, 0.5) is 0 Å². The quantitative estimate of drug-likeness (QED) is 0.717. The number of amides is 1. The van der Waals surface area contributed by atoms with Crippen molar-refractivity contribution in [2.45, 2.75) is 19.1 Å². The maximum Gasteiger partial charge on any atom is 0.261 e. The lowest BCUT2D eigenvalue weighted by atomic mass is 9.86. The number of benzene rings is 1. The second-order valence-electron chi connectivity index (χ2n) is 5.74. The Bertz CT molecular complexity index is 791. The summed E-state index contributed by atoms with van der Waals surface area (Å²) in [4.78, 5) is 21.1. The Balaban J connectivity index is 1.82. The SMILES string of the molecule is Cc1nccn1CCNC(=O)C(O)(c1ccccc1)c1cccnc1. The number of nitrogens with zero attached hydrogens (tertiary/aromatic N) is 3. The van der Waals surface area contributed by atoms with Crippen molar-refractivity contribution in [3.8, 4) is 0 Å². The molecule has 2 N–H and O–H groups in total. The third kappa shape index (κ3) is 3.44. The third-order valence-electron chi connectivity index (χ3n) is 4.16. The zero-order valence-electron chi connectivity index (χ0n) is 14.0. The van der Waals surface area contributed by atoms with Gasteiger partial charge < -0.3 is 15.0 Å². The maximum atomic E-state index is 12.9. The zero-order chi connectivity index (χ0) is 17.7. The van der Waals surface area contributed by atoms with Crippen LogP contribution in [0.2, 0.25) is 0 Å². The molecule has 3 aromatic rings. The molecular weight excluding hydrogens is 316 g/mol. The lowest BCUT2D eigenvalue weighted by Crippen LogP contribution is -2.46. The third-order valence-corrected chi connectivity index (χ3v) is 4.16. The Morgan fingerprint density at radius 3 is 2.56 bits per heavy atom. The number of aliphatic hydroxyl groups is 1. The van der Waals surface area contributed by atoms with E-state index in [0.717, 1.165) is 5.82 Å². The molecule has 0 aliphatic heterocycles. The highest BCUT2D eigenvalue weighted by molar-refractivity contribution is 5.89. The molecule has 0 saturated carbocycles. The van der Waals surface area contributed by atoms with Crippen molar-refractivity contribution >= 4 is 5.91 Å². The van der Waals surface area contributed by atoms with Gasteiger partial charge in [-0.25, -0.2) is 4.98 Å². The molecule has 2 aromatic heterocycles. The van der Waals surface area contributed by atoms with Crippen LogP contribution in [0.15, 0.2) is 67.3 Å². The molecule has 6 heteroatoms. The van der Waals surface area contributed by atoms with Gasteiger partial charge in [-0.15, -0.1) is 0 Å². The molecule has 1 aromatic carbocycles. The molecule has 2 heterocycles. The molecular formula is C19H20N4O2. The van der Waals surface area contributed by atoms with Gasteiger partial charge in [0.2, 0.25) is 0 Å². The van der Waals surface area contributed by atoms with E-state index < -0.39 is 11.5 Å². The van der Waals surface area contributed by atoms with Gasteiger partial charge in [-0.1, -0.05) is 36.4 Å². The van der Waals surface area contributed by atoms with Gasteiger partial charge in [0.15, 0.2) is 5.60 Å². The van der Waals surface area contributed by atoms with Gasteiger partial charge in [0.05, 0.1) is 0 Å². The smallest absolute Gasteiger partial charge is 0.261 e. The summed E-state index contributed by atoms with van der Waals surface area (Å²) in [6.45, 7) is 2.86. The average molecular weight is 336 g/mol. The van der Waals surface area contributed by atoms with E-state index in [-0.39, 0.29) is 0 Å². The molecule has 25 heavy (non-hydrogen) atoms. The number of aryl methyl sites for hydroxylation is 1. The molecule has 0 spiro atoms. The Morgan fingerprint density at radius 1 is 1.16 bits per heavy atom. The number of hydrogen-bond acceptors (Lipinski definition) is 4. The van der Waals surface area contributed by atoms with Crippen molar-refractivity contribution in [3.63, 3.8) is 0 Å². The minimum Gasteiger partial charge on any atom is -0.372 e. The summed E-state index contributed by atoms with van der Waals surface area (Å²) in [7, 11) is 0. The summed E-state index contributed by atoms with van der Waals surface area (Å²) in [6, 6.07) is 12.3. The van der Waals surface area contributed by atoms with Crippen LogP contribution in [0, 0.1) is 6.92 Å². The van der Waals surface area contributed by atoms with Gasteiger partial charge in [-0.05, 0) is 18.6 Å². The highest BCUT2D eigenvalue weighted by atomic mass is 16.3. The number of carbonyl (C=O) groups is 1. The maximum absolute atomic E-state index is 12.9. The summed E-state index contributed by atoms with van der Waals surface area (Å²) in [5, 5.41) is 14.1. The van der Waals surface area contributed by atoms with E-state index in [9.17, 15) is 9.90 Å². The molecule has 6 nitrogen and oxygen atoms in total. The molecule has 0 fully saturated rings. The molecule has 3 rings (SSSR count). The van der Waals surface area contributed by atoms with E-state index in [0.29, 0.717) is 24.2 Å². The molecule has 0 saturated heterocycles. The van der Waals surface area contributed by atoms with Crippen LogP contribution in [-0.2, 0) is 16.9 Å². The molecule has 0 radical (unpaired) electrons. The normalized spacial score (nSPS) is 13.2. The fraction of sp³-hybridized carbons (Fsp3) is 0.211. The molecule has 1 atom stereocenters. The molecule has 128 valence electrons. The molecule has 0 aliphatic carbocycles. The first-order valence-corrected chi connectivity index (χ1v) is 8.07. The van der Waals surface area contributed by atoms with Crippen LogP contribution in [-0.4, -0.2) is 32.1 Å². The second kappa shape index (κ2) is 7.27. The summed E-state index contributed by atoms with van der Waals surface area (Å²) < 4.78 is 1.94. The number of pyridine rings is 1. The number of imidazole rings is 1. The highest BCUT2D eigenvalue weighted by Gasteiger charge is 2.39. The fourth-order valence-electron chi connectivity index (χ4n) is 2.74. The minimum atomic E-state index is -1.79. The van der Waals surface area contributed by atoms with Crippen LogP contribution < -0.4 is 5.32 Å². The highest BCUT2D eigenvalue weighted by Crippen LogP contribution is 2.29. The number of nitrogens with one attached hydrogen (secondary N) is 1. The Labute approximate surface area is 146 Å². The van der Waals surface area contributed by atoms with Crippen molar-refractivity contribution < 1.29 is 9.90 Å². The van der Waals surface area contributed by atoms with Crippen LogP contribution in [0.25, 0.3) is 0 Å². The van der Waals surface area contributed by atoms with Crippen LogP contribution >= 0.6 is 0 Å². The lowest BCUT2D eigenvalue weighted by molar-refractivity contribution is -0.136. The molecule has 0 bridgehead atoms. The first-order chi connectivity index (χ1) is 12.1. The van der Waals surface area contributed by atoms with E-state index >= 15 is 0 Å². The summed E-state index contributed by atoms with van der Waals surface area (Å²) >= 11 is 0. The van der Waals surface area contributed by atoms with Crippen molar-refractivity contribution in [1.82, 2.24) is 19.9 Å². The van der Waals surface area contributed by atoms with Gasteiger partial charge in [-0.3, -0.25) is 9.78 Å². The first kappa shape index (κ1) is 16.9. The van der Waals surface area contributed by atoms with Crippen molar-refractivity contribution in [2.24, 2.45) is 0 Å². The van der Waals surface area contributed by atoms with Crippen LogP contribution in [0.3, 0.4) is 0 Å². The summed E-state index contributed by atoms with van der Waals surface area (Å²) in [5.74, 6) is 0.393. The Hall–Kier alpha value is -2.99. The zero-order valence-corrected chi connectivity index (χ0v) is 14.0. The largest absolute Gasteiger partial charge is 0.372 e. The summed E-state index contributed by atoms with van der Waals surface area (Å²) in [6.07, 6.45) is 6.68. The number of rotatable bonds is 6. The standard InChI is InChI=1S/C19H20N4O2/c1-15-21-10-12-23(15)13-11-22-18(24)19(25,16-6-3-2-4-7-16)17-8-5-9-20-14-17/h2-10,12,14,25H,11,13H2,1H3,(H,22,24). The van der Waals surface area contributed by atoms with Crippen LogP contribution in [0.1, 0.15) is 17.0 Å². The van der Waals surface area contributed by atoms with E-state index in [2.05, 4.69) is 15.3 Å². The van der Waals surface area contributed by atoms with Gasteiger partial charge in [0.1, 0.15) is 5.82 Å². The lowest BCUT2D eigenvalue weighted by Gasteiger charge is -2.27. The second-order valence-corrected chi connectivity index (χ2v) is 5.74. The topological polar surface area (TPSA) is 80.0 Å². The molecule has 1 amide bonds. The van der Waals surface area contributed by atoms with Crippen molar-refractivity contribution in [2.75, 3.05) is 6.54 Å². The average Bonchev–Trinajstić information content (AvgIpc) is 3.07. The van der Waals surface area contributed by atoms with Gasteiger partial charge >= 0.3 is 0 Å². The van der Waals surface area contributed by atoms with Crippen molar-refractivity contribution in [1.29, 1.82) is 0 Å². The van der Waals surface area contributed by atoms with Crippen molar-refractivity contribution in [3.05, 3.63) is 84.2 Å². The van der Waals surface area contributed by atoms with Gasteiger partial charge in [0, 0.05) is 43.4 Å². The molecule has 0 aliphatic rings. The number of aromatic nitrogens is 3. The predicted molar refractivity (Wildman–Crippen MR) is 93.7 cm³/mol. The summed E-state index contributed by atoms with van der Waals surface area (Å²) in [5.41, 5.74) is -0.865. The first-order valence-electron chi connectivity index (χ1n) is 8.07. The van der Waals surface area contributed by atoms with Gasteiger partial charge in [0.25, 0.3) is 5.91 Å². The number of carbonyl (C=O) groups excluding carboxylic acids is 1.